The highest BCUT2D eigenvalue weighted by Gasteiger charge is 2.30. The van der Waals surface area contributed by atoms with Gasteiger partial charge in [0, 0.05) is 15.4 Å². The third-order valence-electron chi connectivity index (χ3n) is 3.40. The number of aromatic carboxylic acids is 1. The largest absolute Gasteiger partial charge is 0.478 e. The van der Waals surface area contributed by atoms with Gasteiger partial charge in [0.25, 0.3) is 0 Å². The Morgan fingerprint density at radius 3 is 2.75 bits per heavy atom. The van der Waals surface area contributed by atoms with E-state index in [4.69, 9.17) is 5.11 Å². The number of hydrogen-bond donors (Lipinski definition) is 1. The molecule has 0 bridgehead atoms. The first-order chi connectivity index (χ1) is 9.65. The lowest BCUT2D eigenvalue weighted by Gasteiger charge is -2.25. The van der Waals surface area contributed by atoms with Crippen molar-refractivity contribution in [3.63, 3.8) is 0 Å². The number of hydrogen-bond acceptors (Lipinski definition) is 3. The van der Waals surface area contributed by atoms with Gasteiger partial charge in [0.15, 0.2) is 0 Å². The summed E-state index contributed by atoms with van der Waals surface area (Å²) in [6.07, 6.45) is 2.41. The summed E-state index contributed by atoms with van der Waals surface area (Å²) < 4.78 is 0.848. The summed E-state index contributed by atoms with van der Waals surface area (Å²) in [5, 5.41) is 11.1. The van der Waals surface area contributed by atoms with Gasteiger partial charge >= 0.3 is 5.97 Å². The van der Waals surface area contributed by atoms with E-state index in [0.29, 0.717) is 11.6 Å². The van der Waals surface area contributed by atoms with Crippen LogP contribution in [0.5, 0.6) is 0 Å². The van der Waals surface area contributed by atoms with E-state index in [1.807, 2.05) is 6.07 Å². The van der Waals surface area contributed by atoms with Crippen LogP contribution in [0.25, 0.3) is 0 Å². The molecular formula is C15H14BrNO2S. The first kappa shape index (κ1) is 13.6. The minimum absolute atomic E-state index is 0.312. The van der Waals surface area contributed by atoms with Crippen molar-refractivity contribution in [3.8, 4) is 0 Å². The topological polar surface area (TPSA) is 40.5 Å². The van der Waals surface area contributed by atoms with Crippen molar-refractivity contribution < 1.29 is 9.90 Å². The van der Waals surface area contributed by atoms with Crippen molar-refractivity contribution in [2.24, 2.45) is 0 Å². The van der Waals surface area contributed by atoms with E-state index >= 15 is 0 Å². The Hall–Kier alpha value is -1.33. The lowest BCUT2D eigenvalue weighted by atomic mass is 10.2. The molecule has 3 rings (SSSR count). The number of carboxylic acids is 1. The number of carbonyl (C=O) groups is 1. The standard InChI is InChI=1S/C15H14BrNO2S/c16-13-8-10(15(18)19)3-6-14(13)17(11-4-5-11)9-12-2-1-7-20-12/h1-3,6-8,11H,4-5,9H2,(H,18,19). The number of nitrogens with zero attached hydrogens (tertiary/aromatic N) is 1. The zero-order valence-electron chi connectivity index (χ0n) is 10.8. The van der Waals surface area contributed by atoms with E-state index in [1.165, 1.54) is 17.7 Å². The van der Waals surface area contributed by atoms with Gasteiger partial charge < -0.3 is 10.0 Å². The molecule has 1 aromatic heterocycles. The fourth-order valence-electron chi connectivity index (χ4n) is 2.24. The molecule has 1 N–H and O–H groups in total. The van der Waals surface area contributed by atoms with Gasteiger partial charge in [-0.2, -0.15) is 0 Å². The molecule has 1 aliphatic rings. The minimum Gasteiger partial charge on any atom is -0.478 e. The lowest BCUT2D eigenvalue weighted by molar-refractivity contribution is 0.0697. The summed E-state index contributed by atoms with van der Waals surface area (Å²) in [6.45, 7) is 0.882. The summed E-state index contributed by atoms with van der Waals surface area (Å²) >= 11 is 5.27. The van der Waals surface area contributed by atoms with Gasteiger partial charge in [-0.15, -0.1) is 11.3 Å². The molecule has 0 amide bonds. The highest BCUT2D eigenvalue weighted by Crippen LogP contribution is 2.37. The van der Waals surface area contributed by atoms with Crippen molar-refractivity contribution in [1.82, 2.24) is 0 Å². The maximum absolute atomic E-state index is 11.0. The van der Waals surface area contributed by atoms with Crippen LogP contribution in [-0.4, -0.2) is 17.1 Å². The van der Waals surface area contributed by atoms with Crippen LogP contribution < -0.4 is 4.90 Å². The number of halogens is 1. The third kappa shape index (κ3) is 2.88. The van der Waals surface area contributed by atoms with Crippen molar-refractivity contribution in [1.29, 1.82) is 0 Å². The van der Waals surface area contributed by atoms with Crippen molar-refractivity contribution >= 4 is 38.9 Å². The second-order valence-corrected chi connectivity index (χ2v) is 6.80. The second-order valence-electron chi connectivity index (χ2n) is 4.91. The van der Waals surface area contributed by atoms with Gasteiger partial charge in [-0.25, -0.2) is 4.79 Å². The molecule has 0 spiro atoms. The molecule has 1 fully saturated rings. The van der Waals surface area contributed by atoms with E-state index in [2.05, 4.69) is 38.3 Å². The van der Waals surface area contributed by atoms with Crippen LogP contribution in [0, 0.1) is 0 Å². The van der Waals surface area contributed by atoms with E-state index in [0.717, 1.165) is 16.7 Å². The number of thiophene rings is 1. The number of benzene rings is 1. The average Bonchev–Trinajstić information content (AvgIpc) is 3.14. The van der Waals surface area contributed by atoms with Gasteiger partial charge in [-0.3, -0.25) is 0 Å². The number of rotatable bonds is 5. The van der Waals surface area contributed by atoms with Gasteiger partial charge in [-0.1, -0.05) is 6.07 Å². The quantitative estimate of drug-likeness (QED) is 0.868. The van der Waals surface area contributed by atoms with Crippen molar-refractivity contribution in [3.05, 3.63) is 50.6 Å². The molecule has 104 valence electrons. The van der Waals surface area contributed by atoms with Crippen LogP contribution in [0.1, 0.15) is 28.1 Å². The molecule has 20 heavy (non-hydrogen) atoms. The monoisotopic (exact) mass is 351 g/mol. The normalized spacial score (nSPS) is 14.2. The summed E-state index contributed by atoms with van der Waals surface area (Å²) in [5.74, 6) is -0.895. The smallest absolute Gasteiger partial charge is 0.335 e. The van der Waals surface area contributed by atoms with Gasteiger partial charge in [0.2, 0.25) is 0 Å². The molecule has 1 aromatic carbocycles. The van der Waals surface area contributed by atoms with Crippen LogP contribution in [0.2, 0.25) is 0 Å². The Morgan fingerprint density at radius 1 is 1.40 bits per heavy atom. The molecule has 2 aromatic rings. The maximum atomic E-state index is 11.0. The Bertz CT molecular complexity index is 623. The highest BCUT2D eigenvalue weighted by atomic mass is 79.9. The van der Waals surface area contributed by atoms with E-state index < -0.39 is 5.97 Å². The SMILES string of the molecule is O=C(O)c1ccc(N(Cc2cccs2)C2CC2)c(Br)c1. The van der Waals surface area contributed by atoms with Crippen LogP contribution in [0.3, 0.4) is 0 Å². The Labute approximate surface area is 130 Å². The van der Waals surface area contributed by atoms with Gasteiger partial charge in [0.05, 0.1) is 17.8 Å². The fraction of sp³-hybridized carbons (Fsp3) is 0.267. The molecule has 0 radical (unpaired) electrons. The average molecular weight is 352 g/mol. The predicted molar refractivity (Wildman–Crippen MR) is 84.6 cm³/mol. The van der Waals surface area contributed by atoms with E-state index in [1.54, 1.807) is 23.5 Å². The van der Waals surface area contributed by atoms with Gasteiger partial charge in [0.1, 0.15) is 0 Å². The van der Waals surface area contributed by atoms with Crippen LogP contribution in [0.15, 0.2) is 40.2 Å². The first-order valence-corrected chi connectivity index (χ1v) is 8.14. The summed E-state index contributed by atoms with van der Waals surface area (Å²) in [5.41, 5.74) is 1.39. The molecule has 1 saturated carbocycles. The molecule has 5 heteroatoms. The first-order valence-electron chi connectivity index (χ1n) is 6.47. The molecule has 1 heterocycles. The summed E-state index contributed by atoms with van der Waals surface area (Å²) in [6, 6.07) is 10.0. The van der Waals surface area contributed by atoms with Crippen molar-refractivity contribution in [2.75, 3.05) is 4.90 Å². The number of carboxylic acid groups (broad SMARTS) is 1. The number of anilines is 1. The van der Waals surface area contributed by atoms with Crippen LogP contribution in [0.4, 0.5) is 5.69 Å². The van der Waals surface area contributed by atoms with Crippen molar-refractivity contribution in [2.45, 2.75) is 25.4 Å². The third-order valence-corrected chi connectivity index (χ3v) is 4.89. The van der Waals surface area contributed by atoms with Crippen LogP contribution in [-0.2, 0) is 6.54 Å². The molecule has 0 aliphatic heterocycles. The molecule has 0 saturated heterocycles. The fourth-order valence-corrected chi connectivity index (χ4v) is 3.55. The summed E-state index contributed by atoms with van der Waals surface area (Å²) in [4.78, 5) is 14.7. The van der Waals surface area contributed by atoms with Crippen LogP contribution >= 0.6 is 27.3 Å². The minimum atomic E-state index is -0.895. The Balaban J connectivity index is 1.89. The predicted octanol–water partition coefficient (Wildman–Crippen LogP) is 4.38. The molecule has 0 unspecified atom stereocenters. The van der Waals surface area contributed by atoms with E-state index in [-0.39, 0.29) is 0 Å². The molecule has 0 atom stereocenters. The zero-order chi connectivity index (χ0) is 14.1. The Morgan fingerprint density at radius 2 is 2.20 bits per heavy atom. The summed E-state index contributed by atoms with van der Waals surface area (Å²) in [7, 11) is 0. The zero-order valence-corrected chi connectivity index (χ0v) is 13.2. The van der Waals surface area contributed by atoms with E-state index in [9.17, 15) is 4.79 Å². The lowest BCUT2D eigenvalue weighted by Crippen LogP contribution is -2.25. The van der Waals surface area contributed by atoms with Gasteiger partial charge in [-0.05, 0) is 58.4 Å². The Kier molecular flexibility index (Phi) is 3.81. The highest BCUT2D eigenvalue weighted by molar-refractivity contribution is 9.10. The molecule has 1 aliphatic carbocycles. The maximum Gasteiger partial charge on any atom is 0.335 e. The second kappa shape index (κ2) is 5.58. The molecular weight excluding hydrogens is 338 g/mol. The molecule has 3 nitrogen and oxygen atoms in total.